The van der Waals surface area contributed by atoms with Gasteiger partial charge in [0.15, 0.2) is 0 Å². The van der Waals surface area contributed by atoms with Gasteiger partial charge in [-0.1, -0.05) is 30.3 Å². The maximum atomic E-state index is 13.1. The smallest absolute Gasteiger partial charge is 0.331 e. The highest BCUT2D eigenvalue weighted by atomic mass is 16.6. The van der Waals surface area contributed by atoms with Crippen molar-refractivity contribution in [1.82, 2.24) is 10.2 Å². The second-order valence-corrected chi connectivity index (χ2v) is 7.42. The largest absolute Gasteiger partial charge is 0.497 e. The number of benzene rings is 2. The molecule has 1 fully saturated rings. The first-order valence-corrected chi connectivity index (χ1v) is 10.2. The topological polar surface area (TPSA) is 132 Å². The number of barbiturate groups is 1. The van der Waals surface area contributed by atoms with E-state index in [1.807, 2.05) is 6.07 Å². The summed E-state index contributed by atoms with van der Waals surface area (Å²) in [6.07, 6.45) is 1.20. The lowest BCUT2D eigenvalue weighted by Crippen LogP contribution is -2.54. The summed E-state index contributed by atoms with van der Waals surface area (Å²) in [6.45, 7) is 1.67. The van der Waals surface area contributed by atoms with Crippen molar-refractivity contribution in [1.29, 1.82) is 0 Å². The predicted octanol–water partition coefficient (Wildman–Crippen LogP) is 4.09. The summed E-state index contributed by atoms with van der Waals surface area (Å²) < 4.78 is 10.7. The number of hydrogen-bond acceptors (Lipinski definition) is 7. The second-order valence-electron chi connectivity index (χ2n) is 7.42. The fourth-order valence-electron chi connectivity index (χ4n) is 3.62. The van der Waals surface area contributed by atoms with E-state index in [0.29, 0.717) is 11.3 Å². The molecule has 4 rings (SSSR count). The van der Waals surface area contributed by atoms with Crippen molar-refractivity contribution in [3.63, 3.8) is 0 Å². The SMILES string of the molecule is COc1ccc(-c2ccc(C=C3C(=O)NC(=O)N(C(C)c4ccccc4)C3=O)o2)c([N+](=O)[O-])c1. The van der Waals surface area contributed by atoms with Crippen molar-refractivity contribution in [2.45, 2.75) is 13.0 Å². The molecule has 2 heterocycles. The van der Waals surface area contributed by atoms with E-state index in [-0.39, 0.29) is 28.3 Å². The molecule has 1 aliphatic rings. The summed E-state index contributed by atoms with van der Waals surface area (Å²) in [5, 5.41) is 13.7. The zero-order chi connectivity index (χ0) is 24.4. The summed E-state index contributed by atoms with van der Waals surface area (Å²) in [6, 6.07) is 14.7. The first-order valence-electron chi connectivity index (χ1n) is 10.2. The Hall–Kier alpha value is -4.73. The van der Waals surface area contributed by atoms with Gasteiger partial charge in [-0.25, -0.2) is 4.79 Å². The molecular weight excluding hydrogens is 442 g/mol. The average molecular weight is 461 g/mol. The highest BCUT2D eigenvalue weighted by Gasteiger charge is 2.39. The van der Waals surface area contributed by atoms with E-state index < -0.39 is 28.8 Å². The number of amides is 4. The number of carbonyl (C=O) groups excluding carboxylic acids is 3. The molecule has 1 atom stereocenters. The highest BCUT2D eigenvalue weighted by molar-refractivity contribution is 6.31. The van der Waals surface area contributed by atoms with Crippen molar-refractivity contribution in [2.75, 3.05) is 7.11 Å². The molecule has 3 aromatic rings. The van der Waals surface area contributed by atoms with Gasteiger partial charge in [-0.2, -0.15) is 0 Å². The quantitative estimate of drug-likeness (QED) is 0.253. The van der Waals surface area contributed by atoms with E-state index >= 15 is 0 Å². The van der Waals surface area contributed by atoms with Crippen LogP contribution in [0.25, 0.3) is 17.4 Å². The standard InChI is InChI=1S/C24H19N3O7/c1-14(15-6-4-3-5-7-15)26-23(29)19(22(28)25-24(26)30)12-17-9-11-21(34-17)18-10-8-16(33-2)13-20(18)27(31)32/h3-14H,1-2H3,(H,25,28,30). The molecule has 0 saturated carbocycles. The number of rotatable bonds is 6. The Morgan fingerprint density at radius 1 is 1.09 bits per heavy atom. The number of nitro benzene ring substituents is 1. The number of nitrogens with zero attached hydrogens (tertiary/aromatic N) is 2. The Morgan fingerprint density at radius 3 is 2.50 bits per heavy atom. The van der Waals surface area contributed by atoms with Crippen molar-refractivity contribution < 1.29 is 28.5 Å². The minimum absolute atomic E-state index is 0.111. The third kappa shape index (κ3) is 4.16. The van der Waals surface area contributed by atoms with Crippen molar-refractivity contribution in [2.24, 2.45) is 0 Å². The maximum Gasteiger partial charge on any atom is 0.331 e. The molecule has 1 N–H and O–H groups in total. The molecule has 10 heteroatoms. The first kappa shape index (κ1) is 22.5. The monoisotopic (exact) mass is 461 g/mol. The summed E-state index contributed by atoms with van der Waals surface area (Å²) in [4.78, 5) is 49.8. The molecule has 0 radical (unpaired) electrons. The van der Waals surface area contributed by atoms with Gasteiger partial charge in [0.05, 0.1) is 29.7 Å². The summed E-state index contributed by atoms with van der Waals surface area (Å²) in [5.74, 6) is -1.06. The summed E-state index contributed by atoms with van der Waals surface area (Å²) in [5.41, 5.74) is 0.386. The number of urea groups is 1. The van der Waals surface area contributed by atoms with E-state index in [9.17, 15) is 24.5 Å². The molecule has 1 aromatic heterocycles. The van der Waals surface area contributed by atoms with Crippen LogP contribution in [0.5, 0.6) is 5.75 Å². The molecular formula is C24H19N3O7. The van der Waals surface area contributed by atoms with E-state index in [2.05, 4.69) is 5.32 Å². The third-order valence-corrected chi connectivity index (χ3v) is 5.38. The van der Waals surface area contributed by atoms with Gasteiger partial charge >= 0.3 is 6.03 Å². The molecule has 0 aliphatic carbocycles. The van der Waals surface area contributed by atoms with Crippen LogP contribution in [-0.4, -0.2) is 34.8 Å². The number of methoxy groups -OCH3 is 1. The number of nitro groups is 1. The Kier molecular flexibility index (Phi) is 5.96. The van der Waals surface area contributed by atoms with Gasteiger partial charge in [0.25, 0.3) is 17.5 Å². The second kappa shape index (κ2) is 9.02. The van der Waals surface area contributed by atoms with Crippen LogP contribution < -0.4 is 10.1 Å². The fourth-order valence-corrected chi connectivity index (χ4v) is 3.62. The lowest BCUT2D eigenvalue weighted by molar-refractivity contribution is -0.384. The lowest BCUT2D eigenvalue weighted by atomic mass is 10.0. The molecule has 1 saturated heterocycles. The minimum Gasteiger partial charge on any atom is -0.497 e. The molecule has 34 heavy (non-hydrogen) atoms. The number of ether oxygens (including phenoxy) is 1. The summed E-state index contributed by atoms with van der Waals surface area (Å²) in [7, 11) is 1.40. The predicted molar refractivity (Wildman–Crippen MR) is 121 cm³/mol. The van der Waals surface area contributed by atoms with Gasteiger partial charge in [0.1, 0.15) is 22.8 Å². The Morgan fingerprint density at radius 2 is 1.82 bits per heavy atom. The number of imide groups is 2. The molecule has 0 spiro atoms. The van der Waals surface area contributed by atoms with Crippen LogP contribution in [0, 0.1) is 10.1 Å². The van der Waals surface area contributed by atoms with E-state index in [4.69, 9.17) is 9.15 Å². The zero-order valence-electron chi connectivity index (χ0n) is 18.2. The van der Waals surface area contributed by atoms with Crippen LogP contribution in [0.15, 0.2) is 70.7 Å². The lowest BCUT2D eigenvalue weighted by Gasteiger charge is -2.31. The van der Waals surface area contributed by atoms with Crippen LogP contribution >= 0.6 is 0 Å². The molecule has 10 nitrogen and oxygen atoms in total. The minimum atomic E-state index is -0.861. The van der Waals surface area contributed by atoms with Gasteiger partial charge < -0.3 is 9.15 Å². The van der Waals surface area contributed by atoms with E-state index in [1.165, 1.54) is 37.5 Å². The van der Waals surface area contributed by atoms with Gasteiger partial charge in [-0.15, -0.1) is 0 Å². The highest BCUT2D eigenvalue weighted by Crippen LogP contribution is 2.35. The van der Waals surface area contributed by atoms with Crippen LogP contribution in [0.2, 0.25) is 0 Å². The van der Waals surface area contributed by atoms with Crippen LogP contribution in [-0.2, 0) is 9.59 Å². The molecule has 2 aromatic carbocycles. The van der Waals surface area contributed by atoms with Crippen molar-refractivity contribution in [3.8, 4) is 17.1 Å². The molecule has 0 bridgehead atoms. The first-order chi connectivity index (χ1) is 16.3. The number of nitrogens with one attached hydrogen (secondary N) is 1. The molecule has 1 unspecified atom stereocenters. The van der Waals surface area contributed by atoms with Crippen LogP contribution in [0.3, 0.4) is 0 Å². The normalized spacial score (nSPS) is 15.9. The molecule has 172 valence electrons. The number of carbonyl (C=O) groups is 3. The molecule has 1 aliphatic heterocycles. The Labute approximate surface area is 193 Å². The Balaban J connectivity index is 1.67. The summed E-state index contributed by atoms with van der Waals surface area (Å²) >= 11 is 0. The van der Waals surface area contributed by atoms with Crippen LogP contribution in [0.1, 0.15) is 24.3 Å². The zero-order valence-corrected chi connectivity index (χ0v) is 18.2. The third-order valence-electron chi connectivity index (χ3n) is 5.38. The Bertz CT molecular complexity index is 1330. The fraction of sp³-hybridized carbons (Fsp3) is 0.125. The van der Waals surface area contributed by atoms with Crippen LogP contribution in [0.4, 0.5) is 10.5 Å². The average Bonchev–Trinajstić information content (AvgIpc) is 3.30. The van der Waals surface area contributed by atoms with E-state index in [1.54, 1.807) is 37.3 Å². The number of furan rings is 1. The van der Waals surface area contributed by atoms with Gasteiger partial charge in [-0.05, 0) is 42.8 Å². The van der Waals surface area contributed by atoms with Gasteiger partial charge in [0, 0.05) is 0 Å². The molecule has 4 amide bonds. The van der Waals surface area contributed by atoms with Gasteiger partial charge in [0.2, 0.25) is 0 Å². The number of hydrogen-bond donors (Lipinski definition) is 1. The maximum absolute atomic E-state index is 13.1. The van der Waals surface area contributed by atoms with Crippen molar-refractivity contribution >= 4 is 29.6 Å². The van der Waals surface area contributed by atoms with Crippen molar-refractivity contribution in [3.05, 3.63) is 87.7 Å². The van der Waals surface area contributed by atoms with E-state index in [0.717, 1.165) is 4.90 Å². The van der Waals surface area contributed by atoms with Gasteiger partial charge in [-0.3, -0.25) is 29.9 Å².